The van der Waals surface area contributed by atoms with Crippen LogP contribution in [-0.4, -0.2) is 61.8 Å². The van der Waals surface area contributed by atoms with Crippen molar-refractivity contribution < 1.29 is 14.6 Å². The number of ether oxygens (including phenoxy) is 1. The van der Waals surface area contributed by atoms with E-state index in [-0.39, 0.29) is 12.0 Å². The van der Waals surface area contributed by atoms with Gasteiger partial charge in [-0.15, -0.1) is 0 Å². The van der Waals surface area contributed by atoms with Crippen molar-refractivity contribution in [2.24, 2.45) is 0 Å². The molecule has 5 heterocycles. The summed E-state index contributed by atoms with van der Waals surface area (Å²) in [6.07, 6.45) is 5.28. The van der Waals surface area contributed by atoms with Gasteiger partial charge in [0.15, 0.2) is 0 Å². The van der Waals surface area contributed by atoms with E-state index in [2.05, 4.69) is 30.5 Å². The molecule has 6 rings (SSSR count). The van der Waals surface area contributed by atoms with Crippen LogP contribution in [0.5, 0.6) is 0 Å². The molecule has 190 valence electrons. The standard InChI is InChI=1S/C27H29N7O3/c1-16-8-9-34-21(14-30-26(34)31-16)18-5-6-20(24-19(18)13-29-25(24)35)32-23-7-4-17(12-28-23)33-10-11-37-22(15-33)27(2,3)36/h4-9,12,14,22,36H,10-11,13,15H2,1-3H3,(H,28,32)(H,29,35). The maximum absolute atomic E-state index is 12.8. The van der Waals surface area contributed by atoms with Gasteiger partial charge in [-0.2, -0.15) is 0 Å². The summed E-state index contributed by atoms with van der Waals surface area (Å²) in [5.41, 5.74) is 4.99. The smallest absolute Gasteiger partial charge is 0.254 e. The van der Waals surface area contributed by atoms with Crippen LogP contribution in [0.25, 0.3) is 17.0 Å². The maximum Gasteiger partial charge on any atom is 0.254 e. The number of nitrogens with one attached hydrogen (secondary N) is 2. The van der Waals surface area contributed by atoms with E-state index in [0.29, 0.717) is 42.5 Å². The van der Waals surface area contributed by atoms with Crippen molar-refractivity contribution in [2.45, 2.75) is 39.0 Å². The second kappa shape index (κ2) is 8.82. The van der Waals surface area contributed by atoms with Gasteiger partial charge in [-0.05, 0) is 50.6 Å². The highest BCUT2D eigenvalue weighted by Gasteiger charge is 2.33. The van der Waals surface area contributed by atoms with Crippen molar-refractivity contribution in [3.8, 4) is 11.3 Å². The summed E-state index contributed by atoms with van der Waals surface area (Å²) >= 11 is 0. The van der Waals surface area contributed by atoms with Crippen LogP contribution in [0, 0.1) is 6.92 Å². The van der Waals surface area contributed by atoms with E-state index in [0.717, 1.165) is 34.7 Å². The number of pyridine rings is 1. The molecule has 0 radical (unpaired) electrons. The van der Waals surface area contributed by atoms with Crippen LogP contribution in [0.15, 0.2) is 48.9 Å². The van der Waals surface area contributed by atoms with Crippen molar-refractivity contribution in [3.63, 3.8) is 0 Å². The molecule has 4 aromatic rings. The summed E-state index contributed by atoms with van der Waals surface area (Å²) in [6, 6.07) is 9.74. The number of imidazole rings is 1. The van der Waals surface area contributed by atoms with E-state index in [1.54, 1.807) is 26.2 Å². The Morgan fingerprint density at radius 3 is 2.81 bits per heavy atom. The van der Waals surface area contributed by atoms with Crippen LogP contribution in [0.4, 0.5) is 17.2 Å². The highest BCUT2D eigenvalue weighted by Crippen LogP contribution is 2.35. The summed E-state index contributed by atoms with van der Waals surface area (Å²) in [5, 5.41) is 16.6. The zero-order valence-electron chi connectivity index (χ0n) is 21.0. The third-order valence-corrected chi connectivity index (χ3v) is 6.99. The van der Waals surface area contributed by atoms with Crippen LogP contribution in [0.2, 0.25) is 0 Å². The summed E-state index contributed by atoms with van der Waals surface area (Å²) in [5.74, 6) is 1.14. The third-order valence-electron chi connectivity index (χ3n) is 6.99. The number of anilines is 3. The van der Waals surface area contributed by atoms with Crippen molar-refractivity contribution >= 4 is 28.9 Å². The molecule has 1 aromatic carbocycles. The van der Waals surface area contributed by atoms with Gasteiger partial charge >= 0.3 is 0 Å². The van der Waals surface area contributed by atoms with Gasteiger partial charge in [0.2, 0.25) is 5.78 Å². The highest BCUT2D eigenvalue weighted by molar-refractivity contribution is 6.06. The van der Waals surface area contributed by atoms with Crippen molar-refractivity contribution in [1.82, 2.24) is 24.7 Å². The molecule has 3 aromatic heterocycles. The molecule has 0 saturated carbocycles. The first kappa shape index (κ1) is 23.4. The molecule has 1 unspecified atom stereocenters. The monoisotopic (exact) mass is 499 g/mol. The number of aryl methyl sites for hydroxylation is 1. The largest absolute Gasteiger partial charge is 0.388 e. The fraction of sp³-hybridized carbons (Fsp3) is 0.333. The zero-order valence-corrected chi connectivity index (χ0v) is 21.0. The molecule has 0 spiro atoms. The van der Waals surface area contributed by atoms with Crippen LogP contribution >= 0.6 is 0 Å². The SMILES string of the molecule is Cc1ccn2c(-c3ccc(Nc4ccc(N5CCOC(C(C)(C)O)C5)cn4)c4c3CNC4=O)cnc2n1. The first-order valence-electron chi connectivity index (χ1n) is 12.3. The lowest BCUT2D eigenvalue weighted by molar-refractivity contribution is -0.0928. The molecule has 10 nitrogen and oxygen atoms in total. The fourth-order valence-electron chi connectivity index (χ4n) is 4.95. The Morgan fingerprint density at radius 2 is 2.03 bits per heavy atom. The number of aliphatic hydroxyl groups is 1. The molecule has 1 saturated heterocycles. The van der Waals surface area contributed by atoms with E-state index in [1.807, 2.05) is 47.9 Å². The van der Waals surface area contributed by atoms with Crippen LogP contribution in [0.1, 0.15) is 35.5 Å². The molecule has 37 heavy (non-hydrogen) atoms. The number of rotatable bonds is 5. The summed E-state index contributed by atoms with van der Waals surface area (Å²) in [4.78, 5) is 28.5. The van der Waals surface area contributed by atoms with Crippen LogP contribution in [0.3, 0.4) is 0 Å². The van der Waals surface area contributed by atoms with Gasteiger partial charge in [0.25, 0.3) is 5.91 Å². The molecule has 2 aliphatic heterocycles. The molecule has 1 fully saturated rings. The molecule has 1 atom stereocenters. The Balaban J connectivity index is 1.27. The first-order chi connectivity index (χ1) is 17.8. The van der Waals surface area contributed by atoms with E-state index < -0.39 is 5.60 Å². The molecular formula is C27H29N7O3. The van der Waals surface area contributed by atoms with E-state index in [4.69, 9.17) is 4.74 Å². The normalized spacial score (nSPS) is 17.7. The van der Waals surface area contributed by atoms with Crippen molar-refractivity contribution in [3.05, 3.63) is 65.7 Å². The number of aromatic nitrogens is 4. The van der Waals surface area contributed by atoms with Gasteiger partial charge in [0, 0.05) is 37.1 Å². The Bertz CT molecular complexity index is 1490. The van der Waals surface area contributed by atoms with E-state index in [1.165, 1.54) is 0 Å². The predicted molar refractivity (Wildman–Crippen MR) is 140 cm³/mol. The number of carbonyl (C=O) groups excluding carboxylic acids is 1. The van der Waals surface area contributed by atoms with Crippen molar-refractivity contribution in [2.75, 3.05) is 29.9 Å². The molecule has 1 amide bonds. The molecule has 0 bridgehead atoms. The molecule has 2 aliphatic rings. The zero-order chi connectivity index (χ0) is 25.7. The minimum absolute atomic E-state index is 0.121. The van der Waals surface area contributed by atoms with E-state index >= 15 is 0 Å². The molecule has 0 aliphatic carbocycles. The number of nitrogens with zero attached hydrogens (tertiary/aromatic N) is 5. The minimum Gasteiger partial charge on any atom is -0.388 e. The Morgan fingerprint density at radius 1 is 1.16 bits per heavy atom. The molecule has 3 N–H and O–H groups in total. The van der Waals surface area contributed by atoms with Gasteiger partial charge < -0.3 is 25.4 Å². The van der Waals surface area contributed by atoms with Gasteiger partial charge in [-0.25, -0.2) is 15.0 Å². The quantitative estimate of drug-likeness (QED) is 0.384. The average Bonchev–Trinajstić information content (AvgIpc) is 3.48. The summed E-state index contributed by atoms with van der Waals surface area (Å²) in [6.45, 7) is 7.77. The molecular weight excluding hydrogens is 470 g/mol. The number of amides is 1. The van der Waals surface area contributed by atoms with Gasteiger partial charge in [0.05, 0.1) is 47.2 Å². The lowest BCUT2D eigenvalue weighted by Crippen LogP contribution is -2.52. The third kappa shape index (κ3) is 4.28. The van der Waals surface area contributed by atoms with E-state index in [9.17, 15) is 9.90 Å². The fourth-order valence-corrected chi connectivity index (χ4v) is 4.95. The van der Waals surface area contributed by atoms with Crippen molar-refractivity contribution in [1.29, 1.82) is 0 Å². The lowest BCUT2D eigenvalue weighted by Gasteiger charge is -2.39. The predicted octanol–water partition coefficient (Wildman–Crippen LogP) is 3.06. The average molecular weight is 500 g/mol. The maximum atomic E-state index is 12.8. The Labute approximate surface area is 214 Å². The van der Waals surface area contributed by atoms with Gasteiger partial charge in [-0.1, -0.05) is 6.07 Å². The second-order valence-corrected chi connectivity index (χ2v) is 10.1. The second-order valence-electron chi connectivity index (χ2n) is 10.1. The first-order valence-corrected chi connectivity index (χ1v) is 12.3. The van der Waals surface area contributed by atoms with Gasteiger partial charge in [-0.3, -0.25) is 9.20 Å². The van der Waals surface area contributed by atoms with Gasteiger partial charge in [0.1, 0.15) is 11.9 Å². The number of fused-ring (bicyclic) bond motifs is 2. The Hall–Kier alpha value is -4.02. The summed E-state index contributed by atoms with van der Waals surface area (Å²) in [7, 11) is 0. The minimum atomic E-state index is -0.917. The number of hydrogen-bond donors (Lipinski definition) is 3. The number of benzene rings is 1. The lowest BCUT2D eigenvalue weighted by atomic mass is 9.99. The Kier molecular flexibility index (Phi) is 5.58. The number of hydrogen-bond acceptors (Lipinski definition) is 8. The van der Waals surface area contributed by atoms with Crippen LogP contribution in [-0.2, 0) is 11.3 Å². The highest BCUT2D eigenvalue weighted by atomic mass is 16.5. The molecule has 10 heteroatoms. The number of carbonyl (C=O) groups is 1. The van der Waals surface area contributed by atoms with Crippen LogP contribution < -0.4 is 15.5 Å². The number of morpholine rings is 1. The summed E-state index contributed by atoms with van der Waals surface area (Å²) < 4.78 is 7.68. The topological polar surface area (TPSA) is 117 Å².